The summed E-state index contributed by atoms with van der Waals surface area (Å²) < 4.78 is 5.52. The molecule has 22 heavy (non-hydrogen) atoms. The molecule has 0 unspecified atom stereocenters. The van der Waals surface area contributed by atoms with Crippen LogP contribution < -0.4 is 0 Å². The molecular weight excluding hydrogens is 280 g/mol. The van der Waals surface area contributed by atoms with Gasteiger partial charge >= 0.3 is 5.97 Å². The highest BCUT2D eigenvalue weighted by atomic mass is 16.5. The number of carboxylic acid groups (broad SMARTS) is 1. The number of benzene rings is 1. The van der Waals surface area contributed by atoms with Gasteiger partial charge in [0.1, 0.15) is 0 Å². The van der Waals surface area contributed by atoms with Gasteiger partial charge in [-0.05, 0) is 17.7 Å². The zero-order valence-corrected chi connectivity index (χ0v) is 12.2. The number of nitrogens with zero attached hydrogens (tertiary/aromatic N) is 2. The molecule has 0 spiro atoms. The second-order valence-electron chi connectivity index (χ2n) is 6.23. The Labute approximate surface area is 128 Å². The number of carboxylic acids is 1. The molecule has 4 rings (SSSR count). The Morgan fingerprint density at radius 1 is 1.27 bits per heavy atom. The molecule has 3 heterocycles. The average molecular weight is 298 g/mol. The van der Waals surface area contributed by atoms with Crippen molar-refractivity contribution in [2.75, 3.05) is 26.3 Å². The number of hydrogen-bond donors (Lipinski definition) is 1. The molecule has 1 aromatic carbocycles. The van der Waals surface area contributed by atoms with Crippen LogP contribution in [-0.2, 0) is 11.3 Å². The molecule has 2 saturated heterocycles. The van der Waals surface area contributed by atoms with Crippen molar-refractivity contribution < 1.29 is 14.6 Å². The minimum absolute atomic E-state index is 0.318. The van der Waals surface area contributed by atoms with Crippen molar-refractivity contribution in [1.82, 2.24) is 9.88 Å². The molecule has 114 valence electrons. The fraction of sp³-hybridized carbons (Fsp3) is 0.412. The number of aromatic carboxylic acids is 1. The van der Waals surface area contributed by atoms with Crippen LogP contribution in [-0.4, -0.2) is 47.3 Å². The Morgan fingerprint density at radius 2 is 2.05 bits per heavy atom. The SMILES string of the molecule is O=C(O)c1ccc(CN2C[C@H]3COC[C@H]3C2)c2ncccc12. The highest BCUT2D eigenvalue weighted by Crippen LogP contribution is 2.31. The van der Waals surface area contributed by atoms with E-state index in [4.69, 9.17) is 4.74 Å². The number of fused-ring (bicyclic) bond motifs is 2. The number of carbonyl (C=O) groups is 1. The number of hydrogen-bond acceptors (Lipinski definition) is 4. The average Bonchev–Trinajstić information content (AvgIpc) is 3.08. The Balaban J connectivity index is 1.65. The smallest absolute Gasteiger partial charge is 0.336 e. The lowest BCUT2D eigenvalue weighted by atomic mass is 10.0. The van der Waals surface area contributed by atoms with E-state index < -0.39 is 5.97 Å². The first-order valence-electron chi connectivity index (χ1n) is 7.62. The fourth-order valence-electron chi connectivity index (χ4n) is 3.70. The summed E-state index contributed by atoms with van der Waals surface area (Å²) in [6.07, 6.45) is 1.73. The van der Waals surface area contributed by atoms with Crippen molar-refractivity contribution in [2.45, 2.75) is 6.54 Å². The van der Waals surface area contributed by atoms with Gasteiger partial charge in [-0.1, -0.05) is 12.1 Å². The molecule has 0 amide bonds. The zero-order valence-electron chi connectivity index (χ0n) is 12.2. The lowest BCUT2D eigenvalue weighted by Gasteiger charge is -2.18. The zero-order chi connectivity index (χ0) is 15.1. The lowest BCUT2D eigenvalue weighted by molar-refractivity contribution is 0.0699. The van der Waals surface area contributed by atoms with Gasteiger partial charge in [0, 0.05) is 43.1 Å². The van der Waals surface area contributed by atoms with Gasteiger partial charge in [0.2, 0.25) is 0 Å². The van der Waals surface area contributed by atoms with Gasteiger partial charge in [0.05, 0.1) is 24.3 Å². The second kappa shape index (κ2) is 5.34. The molecule has 2 aliphatic rings. The minimum atomic E-state index is -0.905. The summed E-state index contributed by atoms with van der Waals surface area (Å²) in [4.78, 5) is 18.2. The van der Waals surface area contributed by atoms with E-state index >= 15 is 0 Å². The van der Waals surface area contributed by atoms with Crippen LogP contribution in [0.5, 0.6) is 0 Å². The topological polar surface area (TPSA) is 62.7 Å². The van der Waals surface area contributed by atoms with E-state index in [0.29, 0.717) is 17.4 Å². The summed E-state index contributed by atoms with van der Waals surface area (Å²) in [5.74, 6) is 0.396. The van der Waals surface area contributed by atoms with E-state index in [-0.39, 0.29) is 0 Å². The van der Waals surface area contributed by atoms with Crippen LogP contribution in [0, 0.1) is 11.8 Å². The first kappa shape index (κ1) is 13.7. The Hall–Kier alpha value is -1.98. The molecule has 0 saturated carbocycles. The van der Waals surface area contributed by atoms with Crippen LogP contribution >= 0.6 is 0 Å². The molecule has 0 bridgehead atoms. The molecule has 0 aliphatic carbocycles. The molecule has 2 aliphatic heterocycles. The van der Waals surface area contributed by atoms with Crippen molar-refractivity contribution >= 4 is 16.9 Å². The molecule has 5 nitrogen and oxygen atoms in total. The van der Waals surface area contributed by atoms with E-state index in [1.54, 1.807) is 18.3 Å². The van der Waals surface area contributed by atoms with Crippen molar-refractivity contribution in [3.05, 3.63) is 41.6 Å². The molecule has 2 aromatic rings. The number of aromatic nitrogens is 1. The second-order valence-corrected chi connectivity index (χ2v) is 6.23. The Bertz CT molecular complexity index is 719. The quantitative estimate of drug-likeness (QED) is 0.939. The van der Waals surface area contributed by atoms with Crippen molar-refractivity contribution in [2.24, 2.45) is 11.8 Å². The standard InChI is InChI=1S/C17H18N2O3/c20-17(21)15-4-3-11(16-14(15)2-1-5-18-16)6-19-7-12-9-22-10-13(12)8-19/h1-5,12-13H,6-10H2,(H,20,21)/t12-,13+. The molecule has 1 aromatic heterocycles. The van der Waals surface area contributed by atoms with Gasteiger partial charge in [0.25, 0.3) is 0 Å². The van der Waals surface area contributed by atoms with Crippen molar-refractivity contribution in [1.29, 1.82) is 0 Å². The van der Waals surface area contributed by atoms with Crippen LogP contribution in [0.3, 0.4) is 0 Å². The predicted octanol–water partition coefficient (Wildman–Crippen LogP) is 2.01. The number of pyridine rings is 1. The Kier molecular flexibility index (Phi) is 3.32. The van der Waals surface area contributed by atoms with E-state index in [2.05, 4.69) is 9.88 Å². The maximum atomic E-state index is 11.4. The van der Waals surface area contributed by atoms with Gasteiger partial charge in [-0.3, -0.25) is 9.88 Å². The first-order chi connectivity index (χ1) is 10.7. The maximum absolute atomic E-state index is 11.4. The van der Waals surface area contributed by atoms with E-state index in [9.17, 15) is 9.90 Å². The third-order valence-electron chi connectivity index (χ3n) is 4.79. The highest BCUT2D eigenvalue weighted by molar-refractivity contribution is 6.03. The van der Waals surface area contributed by atoms with E-state index in [0.717, 1.165) is 49.3 Å². The number of rotatable bonds is 3. The largest absolute Gasteiger partial charge is 0.478 e. The van der Waals surface area contributed by atoms with Gasteiger partial charge < -0.3 is 9.84 Å². The fourth-order valence-corrected chi connectivity index (χ4v) is 3.70. The summed E-state index contributed by atoms with van der Waals surface area (Å²) in [6, 6.07) is 7.23. The molecule has 2 atom stereocenters. The lowest BCUT2D eigenvalue weighted by Crippen LogP contribution is -2.22. The molecule has 5 heteroatoms. The van der Waals surface area contributed by atoms with Gasteiger partial charge in [-0.25, -0.2) is 4.79 Å². The summed E-state index contributed by atoms with van der Waals surface area (Å²) >= 11 is 0. The van der Waals surface area contributed by atoms with Crippen molar-refractivity contribution in [3.63, 3.8) is 0 Å². The van der Waals surface area contributed by atoms with Gasteiger partial charge in [-0.15, -0.1) is 0 Å². The summed E-state index contributed by atoms with van der Waals surface area (Å²) in [7, 11) is 0. The van der Waals surface area contributed by atoms with E-state index in [1.165, 1.54) is 0 Å². The van der Waals surface area contributed by atoms with Crippen LogP contribution in [0.4, 0.5) is 0 Å². The van der Waals surface area contributed by atoms with Crippen LogP contribution in [0.2, 0.25) is 0 Å². The molecular formula is C17H18N2O3. The number of ether oxygens (including phenoxy) is 1. The minimum Gasteiger partial charge on any atom is -0.478 e. The third kappa shape index (κ3) is 2.26. The number of likely N-dealkylation sites (tertiary alicyclic amines) is 1. The molecule has 0 radical (unpaired) electrons. The first-order valence-corrected chi connectivity index (χ1v) is 7.62. The predicted molar refractivity (Wildman–Crippen MR) is 81.8 cm³/mol. The Morgan fingerprint density at radius 3 is 2.77 bits per heavy atom. The van der Waals surface area contributed by atoms with Gasteiger partial charge in [-0.2, -0.15) is 0 Å². The van der Waals surface area contributed by atoms with Crippen LogP contribution in [0.15, 0.2) is 30.5 Å². The molecule has 2 fully saturated rings. The summed E-state index contributed by atoms with van der Waals surface area (Å²) in [5.41, 5.74) is 2.22. The van der Waals surface area contributed by atoms with Crippen LogP contribution in [0.25, 0.3) is 10.9 Å². The maximum Gasteiger partial charge on any atom is 0.336 e. The monoisotopic (exact) mass is 298 g/mol. The highest BCUT2D eigenvalue weighted by Gasteiger charge is 2.37. The van der Waals surface area contributed by atoms with Gasteiger partial charge in [0.15, 0.2) is 0 Å². The summed E-state index contributed by atoms with van der Waals surface area (Å²) in [6.45, 7) is 4.68. The molecule has 1 N–H and O–H groups in total. The normalized spacial score (nSPS) is 24.7. The van der Waals surface area contributed by atoms with Crippen LogP contribution in [0.1, 0.15) is 15.9 Å². The third-order valence-corrected chi connectivity index (χ3v) is 4.79. The van der Waals surface area contributed by atoms with E-state index in [1.807, 2.05) is 12.1 Å². The van der Waals surface area contributed by atoms with Crippen molar-refractivity contribution in [3.8, 4) is 0 Å². The summed E-state index contributed by atoms with van der Waals surface area (Å²) in [5, 5.41) is 10.0.